The number of hydrogen-bond acceptors (Lipinski definition) is 3. The van der Waals surface area contributed by atoms with Crippen molar-refractivity contribution in [2.45, 2.75) is 37.2 Å². The van der Waals surface area contributed by atoms with Gasteiger partial charge in [-0.15, -0.1) is 0 Å². The largest absolute Gasteiger partial charge is 0.348 e. The zero-order chi connectivity index (χ0) is 22.4. The van der Waals surface area contributed by atoms with Gasteiger partial charge in [0.2, 0.25) is 15.9 Å². The predicted octanol–water partition coefficient (Wildman–Crippen LogP) is 4.52. The Labute approximate surface area is 192 Å². The van der Waals surface area contributed by atoms with Crippen molar-refractivity contribution in [3.8, 4) is 0 Å². The molecule has 0 radical (unpaired) electrons. The molecule has 0 heterocycles. The number of amides is 1. The van der Waals surface area contributed by atoms with Gasteiger partial charge in [-0.3, -0.25) is 4.79 Å². The third kappa shape index (κ3) is 6.50. The minimum Gasteiger partial charge on any atom is -0.348 e. The van der Waals surface area contributed by atoms with Gasteiger partial charge in [-0.2, -0.15) is 4.72 Å². The fourth-order valence-electron chi connectivity index (χ4n) is 3.16. The maximum Gasteiger partial charge on any atom is 0.241 e. The van der Waals surface area contributed by atoms with Gasteiger partial charge in [-0.1, -0.05) is 76.1 Å². The van der Waals surface area contributed by atoms with Gasteiger partial charge < -0.3 is 5.32 Å². The molecule has 0 bridgehead atoms. The van der Waals surface area contributed by atoms with Crippen molar-refractivity contribution in [3.05, 3.63) is 100 Å². The molecule has 0 aliphatic rings. The van der Waals surface area contributed by atoms with Crippen LogP contribution in [0.2, 0.25) is 0 Å². The van der Waals surface area contributed by atoms with Crippen molar-refractivity contribution < 1.29 is 13.2 Å². The van der Waals surface area contributed by atoms with E-state index in [4.69, 9.17) is 0 Å². The highest BCUT2D eigenvalue weighted by Crippen LogP contribution is 2.18. The van der Waals surface area contributed by atoms with E-state index in [1.54, 1.807) is 24.3 Å². The number of sulfonamides is 1. The van der Waals surface area contributed by atoms with E-state index >= 15 is 0 Å². The van der Waals surface area contributed by atoms with Crippen LogP contribution < -0.4 is 10.0 Å². The van der Waals surface area contributed by atoms with Gasteiger partial charge >= 0.3 is 0 Å². The van der Waals surface area contributed by atoms with Crippen LogP contribution in [-0.2, 0) is 21.2 Å². The summed E-state index contributed by atoms with van der Waals surface area (Å²) in [6.45, 7) is 3.76. The maximum absolute atomic E-state index is 13.1. The van der Waals surface area contributed by atoms with Crippen LogP contribution >= 0.6 is 15.9 Å². The molecule has 1 amide bonds. The molecule has 0 spiro atoms. The number of aryl methyl sites for hydroxylation is 1. The third-order valence-electron chi connectivity index (χ3n) is 4.96. The van der Waals surface area contributed by atoms with Crippen LogP contribution in [0.4, 0.5) is 0 Å². The lowest BCUT2D eigenvalue weighted by Gasteiger charge is -2.22. The summed E-state index contributed by atoms with van der Waals surface area (Å²) in [5.74, 6) is -0.380. The number of rotatable bonds is 8. The Morgan fingerprint density at radius 3 is 2.16 bits per heavy atom. The van der Waals surface area contributed by atoms with E-state index in [1.807, 2.05) is 68.4 Å². The van der Waals surface area contributed by atoms with E-state index < -0.39 is 16.1 Å². The first-order valence-corrected chi connectivity index (χ1v) is 12.2. The summed E-state index contributed by atoms with van der Waals surface area (Å²) >= 11 is 3.40. The number of nitrogens with one attached hydrogen (secondary N) is 2. The summed E-state index contributed by atoms with van der Waals surface area (Å²) in [4.78, 5) is 13.2. The highest BCUT2D eigenvalue weighted by molar-refractivity contribution is 9.10. The highest BCUT2D eigenvalue weighted by atomic mass is 79.9. The minimum absolute atomic E-state index is 0.130. The summed E-state index contributed by atoms with van der Waals surface area (Å²) in [6, 6.07) is 22.3. The second-order valence-electron chi connectivity index (χ2n) is 7.46. The molecule has 0 aliphatic carbocycles. The molecule has 3 aromatic rings. The number of carbonyl (C=O) groups is 1. The quantitative estimate of drug-likeness (QED) is 0.477. The molecule has 0 aromatic heterocycles. The Bertz CT molecular complexity index is 1120. The maximum atomic E-state index is 13.1. The number of carbonyl (C=O) groups excluding carboxylic acids is 1. The molecular formula is C24H25BrN2O3S. The first kappa shape index (κ1) is 23.2. The molecule has 162 valence electrons. The van der Waals surface area contributed by atoms with Gasteiger partial charge in [0, 0.05) is 4.47 Å². The average molecular weight is 501 g/mol. The monoisotopic (exact) mass is 500 g/mol. The van der Waals surface area contributed by atoms with E-state index in [-0.39, 0.29) is 23.3 Å². The van der Waals surface area contributed by atoms with Crippen molar-refractivity contribution in [2.75, 3.05) is 0 Å². The normalized spacial score (nSPS) is 13.4. The van der Waals surface area contributed by atoms with E-state index in [2.05, 4.69) is 26.0 Å². The van der Waals surface area contributed by atoms with Crippen LogP contribution in [0.1, 0.15) is 29.7 Å². The van der Waals surface area contributed by atoms with Crippen molar-refractivity contribution >= 4 is 31.9 Å². The lowest BCUT2D eigenvalue weighted by Crippen LogP contribution is -2.48. The van der Waals surface area contributed by atoms with E-state index in [9.17, 15) is 13.2 Å². The molecule has 7 heteroatoms. The van der Waals surface area contributed by atoms with Gasteiger partial charge in [-0.25, -0.2) is 8.42 Å². The Morgan fingerprint density at radius 1 is 0.935 bits per heavy atom. The zero-order valence-corrected chi connectivity index (χ0v) is 19.8. The van der Waals surface area contributed by atoms with Gasteiger partial charge in [0.1, 0.15) is 6.04 Å². The third-order valence-corrected chi connectivity index (χ3v) is 6.97. The fourth-order valence-corrected chi connectivity index (χ4v) is 4.62. The Kier molecular flexibility index (Phi) is 7.64. The van der Waals surface area contributed by atoms with Crippen molar-refractivity contribution in [1.82, 2.24) is 10.0 Å². The van der Waals surface area contributed by atoms with E-state index in [1.165, 1.54) is 0 Å². The number of hydrogen-bond donors (Lipinski definition) is 2. The lowest BCUT2D eigenvalue weighted by molar-refractivity contribution is -0.123. The number of halogens is 1. The lowest BCUT2D eigenvalue weighted by atomic mass is 10.0. The van der Waals surface area contributed by atoms with E-state index in [0.29, 0.717) is 0 Å². The Morgan fingerprint density at radius 2 is 1.55 bits per heavy atom. The Hall–Kier alpha value is -2.48. The van der Waals surface area contributed by atoms with Crippen LogP contribution in [0.15, 0.2) is 88.2 Å². The Balaban J connectivity index is 1.82. The van der Waals surface area contributed by atoms with Crippen LogP contribution in [0, 0.1) is 6.92 Å². The van der Waals surface area contributed by atoms with Crippen LogP contribution in [0.3, 0.4) is 0 Å². The van der Waals surface area contributed by atoms with Gasteiger partial charge in [0.15, 0.2) is 0 Å². The molecule has 3 rings (SSSR count). The average Bonchev–Trinajstić information content (AvgIpc) is 2.74. The van der Waals surface area contributed by atoms with E-state index in [0.717, 1.165) is 21.2 Å². The second-order valence-corrected chi connectivity index (χ2v) is 10.1. The molecule has 5 nitrogen and oxygen atoms in total. The zero-order valence-electron chi connectivity index (χ0n) is 17.4. The smallest absolute Gasteiger partial charge is 0.241 e. The standard InChI is InChI=1S/C24H25BrN2O3S/c1-17-8-14-22(15-9-17)31(29,30)27-23(16-19-6-4-3-5-7-19)24(28)26-18(2)20-10-12-21(25)13-11-20/h3-15,18,23,27H,16H2,1-2H3,(H,26,28)/t18-,23-/m1/s1. The molecule has 0 saturated heterocycles. The summed E-state index contributed by atoms with van der Waals surface area (Å²) in [7, 11) is -3.86. The molecule has 0 fully saturated rings. The molecule has 0 aliphatic heterocycles. The molecule has 3 aromatic carbocycles. The van der Waals surface area contributed by atoms with Gasteiger partial charge in [0.05, 0.1) is 10.9 Å². The fraction of sp³-hybridized carbons (Fsp3) is 0.208. The molecule has 31 heavy (non-hydrogen) atoms. The van der Waals surface area contributed by atoms with Crippen LogP contribution in [0.5, 0.6) is 0 Å². The van der Waals surface area contributed by atoms with Gasteiger partial charge in [0.25, 0.3) is 0 Å². The SMILES string of the molecule is Cc1ccc(S(=O)(=O)N[C@H](Cc2ccccc2)C(=O)N[C@H](C)c2ccc(Br)cc2)cc1. The van der Waals surface area contributed by atoms with Crippen LogP contribution in [0.25, 0.3) is 0 Å². The minimum atomic E-state index is -3.86. The molecule has 0 unspecified atom stereocenters. The topological polar surface area (TPSA) is 75.3 Å². The molecule has 0 saturated carbocycles. The first-order valence-electron chi connectivity index (χ1n) is 9.93. The summed E-state index contributed by atoms with van der Waals surface area (Å²) < 4.78 is 29.4. The summed E-state index contributed by atoms with van der Waals surface area (Å²) in [5, 5.41) is 2.94. The molecule has 2 N–H and O–H groups in total. The van der Waals surface area contributed by atoms with Gasteiger partial charge in [-0.05, 0) is 55.7 Å². The second kappa shape index (κ2) is 10.2. The van der Waals surface area contributed by atoms with Crippen LogP contribution in [-0.4, -0.2) is 20.4 Å². The highest BCUT2D eigenvalue weighted by Gasteiger charge is 2.27. The summed E-state index contributed by atoms with van der Waals surface area (Å²) in [5.41, 5.74) is 2.75. The van der Waals surface area contributed by atoms with Crippen molar-refractivity contribution in [2.24, 2.45) is 0 Å². The molecule has 2 atom stereocenters. The number of benzene rings is 3. The first-order chi connectivity index (χ1) is 14.7. The predicted molar refractivity (Wildman–Crippen MR) is 126 cm³/mol. The van der Waals surface area contributed by atoms with Crippen molar-refractivity contribution in [1.29, 1.82) is 0 Å². The summed E-state index contributed by atoms with van der Waals surface area (Å²) in [6.07, 6.45) is 0.241. The molecular weight excluding hydrogens is 476 g/mol. The van der Waals surface area contributed by atoms with Crippen molar-refractivity contribution in [3.63, 3.8) is 0 Å².